The molecule has 2 saturated heterocycles. The van der Waals surface area contributed by atoms with Crippen LogP contribution in [0, 0.1) is 5.92 Å². The molecular formula is C18H26BNO4. The van der Waals surface area contributed by atoms with Crippen molar-refractivity contribution in [1.29, 1.82) is 0 Å². The van der Waals surface area contributed by atoms with Gasteiger partial charge >= 0.3 is 7.12 Å². The number of carbonyl (C=O) groups is 1. The van der Waals surface area contributed by atoms with Gasteiger partial charge in [-0.05, 0) is 51.7 Å². The van der Waals surface area contributed by atoms with Gasteiger partial charge in [-0.1, -0.05) is 12.1 Å². The Morgan fingerprint density at radius 2 is 1.96 bits per heavy atom. The predicted molar refractivity (Wildman–Crippen MR) is 93.4 cm³/mol. The van der Waals surface area contributed by atoms with Gasteiger partial charge in [0.2, 0.25) is 0 Å². The van der Waals surface area contributed by atoms with Gasteiger partial charge in [-0.2, -0.15) is 0 Å². The van der Waals surface area contributed by atoms with E-state index >= 15 is 0 Å². The Morgan fingerprint density at radius 1 is 1.25 bits per heavy atom. The van der Waals surface area contributed by atoms with E-state index in [9.17, 15) is 4.79 Å². The van der Waals surface area contributed by atoms with Crippen LogP contribution in [0.5, 0.6) is 0 Å². The average molecular weight is 331 g/mol. The number of nitrogens with one attached hydrogen (secondary N) is 1. The standard InChI is InChI=1S/C18H26BNO4/c1-17(2)18(3,4)24-19(23-17)15-7-5-6-14(10-15)16(21)20-11-13-8-9-22-12-13/h5-7,10,13H,8-9,11-12H2,1-4H3,(H,20,21). The number of hydrogen-bond acceptors (Lipinski definition) is 4. The molecule has 3 rings (SSSR count). The van der Waals surface area contributed by atoms with Crippen molar-refractivity contribution in [2.24, 2.45) is 5.92 Å². The second kappa shape index (κ2) is 6.50. The molecule has 1 aromatic carbocycles. The minimum Gasteiger partial charge on any atom is -0.399 e. The molecule has 130 valence electrons. The molecule has 1 amide bonds. The van der Waals surface area contributed by atoms with E-state index in [1.54, 1.807) is 0 Å². The van der Waals surface area contributed by atoms with Crippen molar-refractivity contribution in [2.45, 2.75) is 45.3 Å². The molecule has 0 spiro atoms. The Balaban J connectivity index is 1.67. The predicted octanol–water partition coefficient (Wildman–Crippen LogP) is 1.75. The van der Waals surface area contributed by atoms with Gasteiger partial charge < -0.3 is 19.4 Å². The fourth-order valence-corrected chi connectivity index (χ4v) is 2.89. The summed E-state index contributed by atoms with van der Waals surface area (Å²) >= 11 is 0. The monoisotopic (exact) mass is 331 g/mol. The first kappa shape index (κ1) is 17.5. The van der Waals surface area contributed by atoms with Gasteiger partial charge in [0.15, 0.2) is 0 Å². The Labute approximate surface area is 144 Å². The molecule has 0 radical (unpaired) electrons. The summed E-state index contributed by atoms with van der Waals surface area (Å²) in [6.45, 7) is 10.3. The van der Waals surface area contributed by atoms with E-state index in [0.29, 0.717) is 18.0 Å². The Bertz CT molecular complexity index is 595. The van der Waals surface area contributed by atoms with E-state index < -0.39 is 18.3 Å². The van der Waals surface area contributed by atoms with Crippen molar-refractivity contribution >= 4 is 18.5 Å². The van der Waals surface area contributed by atoms with Gasteiger partial charge in [0.1, 0.15) is 0 Å². The number of ether oxygens (including phenoxy) is 1. The van der Waals surface area contributed by atoms with Crippen LogP contribution in [0.2, 0.25) is 0 Å². The third-order valence-corrected chi connectivity index (χ3v) is 5.25. The maximum absolute atomic E-state index is 12.4. The first-order valence-corrected chi connectivity index (χ1v) is 8.60. The van der Waals surface area contributed by atoms with E-state index in [-0.39, 0.29) is 5.91 Å². The zero-order chi connectivity index (χ0) is 17.4. The van der Waals surface area contributed by atoms with Crippen molar-refractivity contribution in [3.8, 4) is 0 Å². The Kier molecular flexibility index (Phi) is 4.73. The van der Waals surface area contributed by atoms with Gasteiger partial charge in [0, 0.05) is 24.6 Å². The maximum atomic E-state index is 12.4. The molecule has 0 aliphatic carbocycles. The zero-order valence-corrected chi connectivity index (χ0v) is 14.9. The van der Waals surface area contributed by atoms with Crippen LogP contribution in [0.1, 0.15) is 44.5 Å². The summed E-state index contributed by atoms with van der Waals surface area (Å²) in [6.07, 6.45) is 1.01. The first-order valence-electron chi connectivity index (χ1n) is 8.60. The van der Waals surface area contributed by atoms with E-state index in [1.807, 2.05) is 52.0 Å². The van der Waals surface area contributed by atoms with Crippen LogP contribution in [0.4, 0.5) is 0 Å². The first-order chi connectivity index (χ1) is 11.3. The van der Waals surface area contributed by atoms with Crippen LogP contribution in [-0.2, 0) is 14.0 Å². The van der Waals surface area contributed by atoms with Crippen molar-refractivity contribution in [2.75, 3.05) is 19.8 Å². The summed E-state index contributed by atoms with van der Waals surface area (Å²) in [5.74, 6) is 0.348. The highest BCUT2D eigenvalue weighted by Gasteiger charge is 2.51. The molecular weight excluding hydrogens is 305 g/mol. The summed E-state index contributed by atoms with van der Waals surface area (Å²) in [7, 11) is -0.453. The minimum absolute atomic E-state index is 0.0692. The normalized spacial score (nSPS) is 25.0. The lowest BCUT2D eigenvalue weighted by Gasteiger charge is -2.32. The number of benzene rings is 1. The fourth-order valence-electron chi connectivity index (χ4n) is 2.89. The molecule has 0 saturated carbocycles. The molecule has 1 aromatic rings. The van der Waals surface area contributed by atoms with E-state index in [2.05, 4.69) is 5.32 Å². The molecule has 1 atom stereocenters. The fraction of sp³-hybridized carbons (Fsp3) is 0.611. The Morgan fingerprint density at radius 3 is 2.58 bits per heavy atom. The van der Waals surface area contributed by atoms with Crippen LogP contribution < -0.4 is 10.8 Å². The number of rotatable bonds is 4. The molecule has 2 aliphatic heterocycles. The van der Waals surface area contributed by atoms with E-state index in [0.717, 1.165) is 25.1 Å². The van der Waals surface area contributed by atoms with Crippen LogP contribution >= 0.6 is 0 Å². The number of hydrogen-bond donors (Lipinski definition) is 1. The van der Waals surface area contributed by atoms with Crippen molar-refractivity contribution in [3.05, 3.63) is 29.8 Å². The molecule has 5 nitrogen and oxygen atoms in total. The summed E-state index contributed by atoms with van der Waals surface area (Å²) in [5.41, 5.74) is 0.711. The van der Waals surface area contributed by atoms with Crippen LogP contribution in [0.3, 0.4) is 0 Å². The van der Waals surface area contributed by atoms with E-state index in [4.69, 9.17) is 14.0 Å². The molecule has 6 heteroatoms. The smallest absolute Gasteiger partial charge is 0.399 e. The molecule has 0 bridgehead atoms. The number of amides is 1. The van der Waals surface area contributed by atoms with Crippen LogP contribution in [-0.4, -0.2) is 44.0 Å². The summed E-state index contributed by atoms with van der Waals surface area (Å²) in [5, 5.41) is 2.99. The van der Waals surface area contributed by atoms with Gasteiger partial charge in [-0.15, -0.1) is 0 Å². The lowest BCUT2D eigenvalue weighted by atomic mass is 9.78. The summed E-state index contributed by atoms with van der Waals surface area (Å²) < 4.78 is 17.4. The largest absolute Gasteiger partial charge is 0.494 e. The minimum atomic E-state index is -0.453. The number of carbonyl (C=O) groups excluding carboxylic acids is 1. The van der Waals surface area contributed by atoms with Gasteiger partial charge in [0.05, 0.1) is 17.8 Å². The second-order valence-electron chi connectivity index (χ2n) is 7.65. The summed E-state index contributed by atoms with van der Waals surface area (Å²) in [4.78, 5) is 12.4. The molecule has 2 aliphatic rings. The van der Waals surface area contributed by atoms with Gasteiger partial charge in [-0.25, -0.2) is 0 Å². The molecule has 24 heavy (non-hydrogen) atoms. The van der Waals surface area contributed by atoms with Crippen molar-refractivity contribution < 1.29 is 18.8 Å². The average Bonchev–Trinajstić information content (AvgIpc) is 3.11. The van der Waals surface area contributed by atoms with E-state index in [1.165, 1.54) is 0 Å². The van der Waals surface area contributed by atoms with Crippen molar-refractivity contribution in [3.63, 3.8) is 0 Å². The second-order valence-corrected chi connectivity index (χ2v) is 7.65. The molecule has 0 aromatic heterocycles. The highest BCUT2D eigenvalue weighted by Crippen LogP contribution is 2.36. The Hall–Kier alpha value is -1.37. The quantitative estimate of drug-likeness (QED) is 0.854. The van der Waals surface area contributed by atoms with Crippen molar-refractivity contribution in [1.82, 2.24) is 5.32 Å². The van der Waals surface area contributed by atoms with Gasteiger partial charge in [-0.3, -0.25) is 4.79 Å². The highest BCUT2D eigenvalue weighted by molar-refractivity contribution is 6.62. The molecule has 2 fully saturated rings. The molecule has 1 N–H and O–H groups in total. The zero-order valence-electron chi connectivity index (χ0n) is 14.9. The van der Waals surface area contributed by atoms with Crippen LogP contribution in [0.25, 0.3) is 0 Å². The SMILES string of the molecule is CC1(C)OB(c2cccc(C(=O)NCC3CCOC3)c2)OC1(C)C. The molecule has 2 heterocycles. The molecule has 1 unspecified atom stereocenters. The lowest BCUT2D eigenvalue weighted by Crippen LogP contribution is -2.41. The lowest BCUT2D eigenvalue weighted by molar-refractivity contribution is 0.00578. The van der Waals surface area contributed by atoms with Crippen LogP contribution in [0.15, 0.2) is 24.3 Å². The third-order valence-electron chi connectivity index (χ3n) is 5.25. The third kappa shape index (κ3) is 3.51. The van der Waals surface area contributed by atoms with Gasteiger partial charge in [0.25, 0.3) is 5.91 Å². The highest BCUT2D eigenvalue weighted by atomic mass is 16.7. The topological polar surface area (TPSA) is 56.8 Å². The maximum Gasteiger partial charge on any atom is 0.494 e. The summed E-state index contributed by atoms with van der Waals surface area (Å²) in [6, 6.07) is 7.47.